The molecule has 0 spiro atoms. The van der Waals surface area contributed by atoms with Crippen LogP contribution < -0.4 is 0 Å². The predicted molar refractivity (Wildman–Crippen MR) is 66.0 cm³/mol. The van der Waals surface area contributed by atoms with E-state index in [0.29, 0.717) is 17.1 Å². The van der Waals surface area contributed by atoms with Crippen LogP contribution in [0.25, 0.3) is 0 Å². The van der Waals surface area contributed by atoms with Gasteiger partial charge >= 0.3 is 0 Å². The molecule has 2 aromatic rings. The second-order valence-corrected chi connectivity index (χ2v) is 4.89. The maximum Gasteiger partial charge on any atom is 0.133 e. The van der Waals surface area contributed by atoms with Crippen LogP contribution in [-0.2, 0) is 19.1 Å². The highest BCUT2D eigenvalue weighted by Gasteiger charge is 2.41. The number of nitrogens with zero attached hydrogens (tertiary/aromatic N) is 2. The van der Waals surface area contributed by atoms with E-state index in [-0.39, 0.29) is 0 Å². The fraction of sp³-hybridized carbons (Fsp3) is 0.308. The van der Waals surface area contributed by atoms with E-state index < -0.39 is 5.60 Å². The molecular weight excluding hydrogens is 236 g/mol. The fourth-order valence-corrected chi connectivity index (χ4v) is 3.04. The van der Waals surface area contributed by atoms with Crippen molar-refractivity contribution in [1.82, 2.24) is 9.78 Å². The molecule has 0 saturated heterocycles. The molecule has 0 fully saturated rings. The molecule has 0 radical (unpaired) electrons. The zero-order valence-corrected chi connectivity index (χ0v) is 10.3. The number of fused-ring (bicyclic) bond motifs is 1. The summed E-state index contributed by atoms with van der Waals surface area (Å²) in [5.41, 5.74) is 1.82. The first-order chi connectivity index (χ1) is 8.13. The van der Waals surface area contributed by atoms with Crippen molar-refractivity contribution in [3.05, 3.63) is 52.3 Å². The molecule has 1 aliphatic rings. The van der Waals surface area contributed by atoms with Gasteiger partial charge in [0.2, 0.25) is 0 Å². The van der Waals surface area contributed by atoms with Gasteiger partial charge in [0.1, 0.15) is 5.60 Å². The Morgan fingerprint density at radius 2 is 2.18 bits per heavy atom. The summed E-state index contributed by atoms with van der Waals surface area (Å²) in [6.45, 7) is 0. The minimum absolute atomic E-state index is 0.520. The number of aliphatic hydroxyl groups is 1. The van der Waals surface area contributed by atoms with Crippen LogP contribution in [-0.4, -0.2) is 14.9 Å². The van der Waals surface area contributed by atoms with Crippen LogP contribution in [0.2, 0.25) is 5.02 Å². The number of hydrogen-bond acceptors (Lipinski definition) is 2. The maximum atomic E-state index is 10.9. The van der Waals surface area contributed by atoms with Gasteiger partial charge in [-0.15, -0.1) is 0 Å². The van der Waals surface area contributed by atoms with E-state index in [1.807, 2.05) is 18.2 Å². The molecule has 1 heterocycles. The van der Waals surface area contributed by atoms with E-state index in [1.54, 1.807) is 17.9 Å². The molecule has 0 saturated carbocycles. The average molecular weight is 249 g/mol. The second-order valence-electron chi connectivity index (χ2n) is 4.48. The first-order valence-corrected chi connectivity index (χ1v) is 5.99. The minimum atomic E-state index is -1.00. The molecule has 3 rings (SSSR count). The summed E-state index contributed by atoms with van der Waals surface area (Å²) in [7, 11) is 1.81. The van der Waals surface area contributed by atoms with Gasteiger partial charge in [-0.3, -0.25) is 4.68 Å². The first-order valence-electron chi connectivity index (χ1n) is 5.61. The lowest BCUT2D eigenvalue weighted by Gasteiger charge is -2.24. The smallest absolute Gasteiger partial charge is 0.133 e. The number of benzene rings is 1. The van der Waals surface area contributed by atoms with Crippen molar-refractivity contribution in [1.29, 1.82) is 0 Å². The topological polar surface area (TPSA) is 38.0 Å². The SMILES string of the molecule is Cn1ncc(Cl)c1C1(O)CCc2ccccc21. The maximum absolute atomic E-state index is 10.9. The molecule has 0 bridgehead atoms. The molecule has 1 aromatic heterocycles. The average Bonchev–Trinajstić information content (AvgIpc) is 2.83. The van der Waals surface area contributed by atoms with E-state index in [1.165, 1.54) is 5.56 Å². The Morgan fingerprint density at radius 3 is 2.88 bits per heavy atom. The van der Waals surface area contributed by atoms with Crippen LogP contribution in [0.5, 0.6) is 0 Å². The zero-order valence-electron chi connectivity index (χ0n) is 9.52. The van der Waals surface area contributed by atoms with Crippen molar-refractivity contribution in [2.45, 2.75) is 18.4 Å². The second kappa shape index (κ2) is 3.59. The Balaban J connectivity index is 2.22. The quantitative estimate of drug-likeness (QED) is 0.841. The third kappa shape index (κ3) is 1.43. The van der Waals surface area contributed by atoms with Gasteiger partial charge in [0.15, 0.2) is 0 Å². The van der Waals surface area contributed by atoms with E-state index in [2.05, 4.69) is 11.2 Å². The Hall–Kier alpha value is -1.32. The van der Waals surface area contributed by atoms with Crippen LogP contribution in [0.4, 0.5) is 0 Å². The number of halogens is 1. The first kappa shape index (κ1) is 10.8. The van der Waals surface area contributed by atoms with Crippen molar-refractivity contribution < 1.29 is 5.11 Å². The zero-order chi connectivity index (χ0) is 12.0. The van der Waals surface area contributed by atoms with Crippen LogP contribution >= 0.6 is 11.6 Å². The Bertz CT molecular complexity index is 559. The molecule has 1 atom stereocenters. The van der Waals surface area contributed by atoms with E-state index in [9.17, 15) is 5.11 Å². The molecule has 0 amide bonds. The van der Waals surface area contributed by atoms with Crippen molar-refractivity contribution >= 4 is 11.6 Å². The normalized spacial score (nSPS) is 22.8. The standard InChI is InChI=1S/C13H13ClN2O/c1-16-12(11(14)8-15-16)13(17)7-6-9-4-2-3-5-10(9)13/h2-5,8,17H,6-7H2,1H3. The van der Waals surface area contributed by atoms with E-state index in [0.717, 1.165) is 12.0 Å². The number of aryl methyl sites for hydroxylation is 2. The van der Waals surface area contributed by atoms with Crippen molar-refractivity contribution in [3.8, 4) is 0 Å². The number of hydrogen-bond donors (Lipinski definition) is 1. The molecule has 17 heavy (non-hydrogen) atoms. The lowest BCUT2D eigenvalue weighted by atomic mass is 9.92. The fourth-order valence-electron chi connectivity index (χ4n) is 2.71. The van der Waals surface area contributed by atoms with Gasteiger partial charge in [0.25, 0.3) is 0 Å². The van der Waals surface area contributed by atoms with Gasteiger partial charge in [-0.25, -0.2) is 0 Å². The summed E-state index contributed by atoms with van der Waals surface area (Å²) >= 11 is 6.14. The predicted octanol–water partition coefficient (Wildman–Crippen LogP) is 2.26. The summed E-state index contributed by atoms with van der Waals surface area (Å²) < 4.78 is 1.66. The van der Waals surface area contributed by atoms with Crippen LogP contribution in [0.1, 0.15) is 23.2 Å². The van der Waals surface area contributed by atoms with Gasteiger partial charge in [-0.2, -0.15) is 5.10 Å². The van der Waals surface area contributed by atoms with Gasteiger partial charge < -0.3 is 5.11 Å². The van der Waals surface area contributed by atoms with Crippen molar-refractivity contribution in [2.75, 3.05) is 0 Å². The summed E-state index contributed by atoms with van der Waals surface area (Å²) in [6, 6.07) is 7.96. The largest absolute Gasteiger partial charge is 0.379 e. The Kier molecular flexibility index (Phi) is 2.28. The van der Waals surface area contributed by atoms with Crippen molar-refractivity contribution in [3.63, 3.8) is 0 Å². The summed E-state index contributed by atoms with van der Waals surface area (Å²) in [5, 5.41) is 15.5. The van der Waals surface area contributed by atoms with Gasteiger partial charge in [-0.1, -0.05) is 35.9 Å². The summed E-state index contributed by atoms with van der Waals surface area (Å²) in [4.78, 5) is 0. The van der Waals surface area contributed by atoms with Crippen molar-refractivity contribution in [2.24, 2.45) is 7.05 Å². The monoisotopic (exact) mass is 248 g/mol. The van der Waals surface area contributed by atoms with Gasteiger partial charge in [-0.05, 0) is 24.0 Å². The molecule has 1 unspecified atom stereocenters. The highest BCUT2D eigenvalue weighted by atomic mass is 35.5. The number of aromatic nitrogens is 2. The lowest BCUT2D eigenvalue weighted by Crippen LogP contribution is -2.27. The molecule has 4 heteroatoms. The minimum Gasteiger partial charge on any atom is -0.379 e. The van der Waals surface area contributed by atoms with Crippen LogP contribution in [0, 0.1) is 0 Å². The molecule has 0 aliphatic heterocycles. The third-order valence-corrected chi connectivity index (χ3v) is 3.78. The van der Waals surface area contributed by atoms with Gasteiger partial charge in [0.05, 0.1) is 16.9 Å². The molecular formula is C13H13ClN2O. The molecule has 1 aromatic carbocycles. The lowest BCUT2D eigenvalue weighted by molar-refractivity contribution is 0.0741. The summed E-state index contributed by atoms with van der Waals surface area (Å²) in [5.74, 6) is 0. The highest BCUT2D eigenvalue weighted by Crippen LogP contribution is 2.43. The summed E-state index contributed by atoms with van der Waals surface area (Å²) in [6.07, 6.45) is 3.11. The molecule has 88 valence electrons. The molecule has 3 nitrogen and oxygen atoms in total. The van der Waals surface area contributed by atoms with Crippen LogP contribution in [0.15, 0.2) is 30.5 Å². The van der Waals surface area contributed by atoms with E-state index >= 15 is 0 Å². The Labute approximate surface area is 105 Å². The molecule has 1 N–H and O–H groups in total. The highest BCUT2D eigenvalue weighted by molar-refractivity contribution is 6.31. The molecule has 1 aliphatic carbocycles. The third-order valence-electron chi connectivity index (χ3n) is 3.50. The van der Waals surface area contributed by atoms with E-state index in [4.69, 9.17) is 11.6 Å². The van der Waals surface area contributed by atoms with Gasteiger partial charge in [0, 0.05) is 7.05 Å². The number of rotatable bonds is 1. The Morgan fingerprint density at radius 1 is 1.41 bits per heavy atom. The van der Waals surface area contributed by atoms with Crippen LogP contribution in [0.3, 0.4) is 0 Å².